The quantitative estimate of drug-likeness (QED) is 0.856. The average Bonchev–Trinajstić information content (AvgIpc) is 3.06. The second-order valence-electron chi connectivity index (χ2n) is 5.17. The fraction of sp³-hybridized carbons (Fsp3) is 0.692. The molecule has 1 fully saturated rings. The Morgan fingerprint density at radius 2 is 2.33 bits per heavy atom. The van der Waals surface area contributed by atoms with Crippen molar-refractivity contribution in [2.45, 2.75) is 38.5 Å². The number of thiazole rings is 1. The summed E-state index contributed by atoms with van der Waals surface area (Å²) in [6.07, 6.45) is 5.90. The first kappa shape index (κ1) is 13.5. The summed E-state index contributed by atoms with van der Waals surface area (Å²) in [6, 6.07) is 0. The van der Waals surface area contributed by atoms with Crippen molar-refractivity contribution >= 4 is 17.2 Å². The largest absolute Gasteiger partial charge is 0.355 e. The molecule has 0 radical (unpaired) electrons. The molecule has 18 heavy (non-hydrogen) atoms. The third-order valence-corrected chi connectivity index (χ3v) is 4.88. The van der Waals surface area contributed by atoms with Crippen molar-refractivity contribution < 1.29 is 4.79 Å². The predicted molar refractivity (Wildman–Crippen MR) is 73.5 cm³/mol. The lowest BCUT2D eigenvalue weighted by molar-refractivity contribution is -0.130. The van der Waals surface area contributed by atoms with Crippen LogP contribution in [0, 0.1) is 5.41 Å². The van der Waals surface area contributed by atoms with E-state index in [1.165, 1.54) is 0 Å². The van der Waals surface area contributed by atoms with Gasteiger partial charge in [-0.1, -0.05) is 19.8 Å². The molecule has 0 spiro atoms. The van der Waals surface area contributed by atoms with Crippen LogP contribution in [0.2, 0.25) is 0 Å². The summed E-state index contributed by atoms with van der Waals surface area (Å²) in [4.78, 5) is 16.5. The molecule has 4 nitrogen and oxygen atoms in total. The Hall–Kier alpha value is -0.940. The van der Waals surface area contributed by atoms with Gasteiger partial charge in [-0.3, -0.25) is 4.79 Å². The summed E-state index contributed by atoms with van der Waals surface area (Å²) in [5.74, 6) is 0.399. The third-order valence-electron chi connectivity index (χ3n) is 3.87. The fourth-order valence-electron chi connectivity index (χ4n) is 2.57. The van der Waals surface area contributed by atoms with E-state index in [1.54, 1.807) is 17.5 Å². The highest BCUT2D eigenvalue weighted by molar-refractivity contribution is 7.09. The van der Waals surface area contributed by atoms with Crippen molar-refractivity contribution in [2.75, 3.05) is 13.1 Å². The number of amides is 1. The molecule has 1 saturated carbocycles. The predicted octanol–water partition coefficient (Wildman–Crippen LogP) is 1.88. The summed E-state index contributed by atoms with van der Waals surface area (Å²) >= 11 is 1.63. The van der Waals surface area contributed by atoms with E-state index in [1.807, 2.05) is 5.38 Å². The Balaban J connectivity index is 1.88. The number of hydrogen-bond acceptors (Lipinski definition) is 4. The van der Waals surface area contributed by atoms with Gasteiger partial charge in [0.2, 0.25) is 5.91 Å². The smallest absolute Gasteiger partial charge is 0.227 e. The lowest BCUT2D eigenvalue weighted by Crippen LogP contribution is -2.45. The molecule has 1 aromatic rings. The normalized spacial score (nSPS) is 19.7. The zero-order valence-electron chi connectivity index (χ0n) is 10.8. The van der Waals surface area contributed by atoms with E-state index in [0.717, 1.165) is 30.7 Å². The van der Waals surface area contributed by atoms with E-state index in [0.29, 0.717) is 13.1 Å². The standard InChI is InChI=1S/C13H21N3OS/c1-10(11-15-6-7-18-11)8-16-12(17)13(9-14)4-2-3-5-13/h6-7,10H,2-5,8-9,14H2,1H3,(H,16,17). The molecule has 1 amide bonds. The van der Waals surface area contributed by atoms with E-state index in [4.69, 9.17) is 5.73 Å². The summed E-state index contributed by atoms with van der Waals surface area (Å²) in [5.41, 5.74) is 5.50. The van der Waals surface area contributed by atoms with Crippen LogP contribution in [0.25, 0.3) is 0 Å². The average molecular weight is 267 g/mol. The first-order chi connectivity index (χ1) is 8.68. The van der Waals surface area contributed by atoms with Crippen molar-refractivity contribution in [2.24, 2.45) is 11.1 Å². The molecule has 2 rings (SSSR count). The number of nitrogens with two attached hydrogens (primary N) is 1. The minimum absolute atomic E-state index is 0.130. The third kappa shape index (κ3) is 2.72. The minimum atomic E-state index is -0.303. The van der Waals surface area contributed by atoms with E-state index >= 15 is 0 Å². The number of nitrogens with one attached hydrogen (secondary N) is 1. The van der Waals surface area contributed by atoms with Gasteiger partial charge in [0.15, 0.2) is 0 Å². The maximum Gasteiger partial charge on any atom is 0.227 e. The van der Waals surface area contributed by atoms with Crippen molar-refractivity contribution in [1.82, 2.24) is 10.3 Å². The minimum Gasteiger partial charge on any atom is -0.355 e. The van der Waals surface area contributed by atoms with Gasteiger partial charge in [-0.05, 0) is 12.8 Å². The Bertz CT molecular complexity index is 385. The summed E-state index contributed by atoms with van der Waals surface area (Å²) in [7, 11) is 0. The number of rotatable bonds is 5. The second-order valence-corrected chi connectivity index (χ2v) is 6.10. The lowest BCUT2D eigenvalue weighted by Gasteiger charge is -2.26. The molecule has 100 valence electrons. The van der Waals surface area contributed by atoms with Gasteiger partial charge in [-0.15, -0.1) is 11.3 Å². The van der Waals surface area contributed by atoms with Crippen LogP contribution in [0.3, 0.4) is 0 Å². The van der Waals surface area contributed by atoms with Crippen LogP contribution in [-0.4, -0.2) is 24.0 Å². The monoisotopic (exact) mass is 267 g/mol. The van der Waals surface area contributed by atoms with Crippen molar-refractivity contribution in [3.63, 3.8) is 0 Å². The molecule has 3 N–H and O–H groups in total. The molecule has 0 aromatic carbocycles. The molecule has 5 heteroatoms. The summed E-state index contributed by atoms with van der Waals surface area (Å²) < 4.78 is 0. The molecule has 0 bridgehead atoms. The molecule has 1 aliphatic carbocycles. The number of carbonyl (C=O) groups is 1. The fourth-order valence-corrected chi connectivity index (χ4v) is 3.27. The Morgan fingerprint density at radius 1 is 1.61 bits per heavy atom. The highest BCUT2D eigenvalue weighted by atomic mass is 32.1. The van der Waals surface area contributed by atoms with Crippen LogP contribution in [-0.2, 0) is 4.79 Å². The highest BCUT2D eigenvalue weighted by Gasteiger charge is 2.39. The van der Waals surface area contributed by atoms with Gasteiger partial charge in [-0.2, -0.15) is 0 Å². The van der Waals surface area contributed by atoms with Gasteiger partial charge in [0.05, 0.1) is 10.4 Å². The molecule has 1 atom stereocenters. The molecule has 0 aliphatic heterocycles. The summed E-state index contributed by atoms with van der Waals surface area (Å²) in [6.45, 7) is 3.20. The molecule has 1 unspecified atom stereocenters. The number of nitrogens with zero attached hydrogens (tertiary/aromatic N) is 1. The lowest BCUT2D eigenvalue weighted by atomic mass is 9.85. The maximum absolute atomic E-state index is 12.3. The van der Waals surface area contributed by atoms with Crippen molar-refractivity contribution in [3.05, 3.63) is 16.6 Å². The molecule has 1 aliphatic rings. The second kappa shape index (κ2) is 5.80. The summed E-state index contributed by atoms with van der Waals surface area (Å²) in [5, 5.41) is 6.09. The number of aromatic nitrogens is 1. The van der Waals surface area contributed by atoms with Gasteiger partial charge in [0.1, 0.15) is 0 Å². The SMILES string of the molecule is CC(CNC(=O)C1(CN)CCCC1)c1nccs1. The Kier molecular flexibility index (Phi) is 4.35. The molecule has 0 saturated heterocycles. The molecule has 1 heterocycles. The van der Waals surface area contributed by atoms with E-state index in [2.05, 4.69) is 17.2 Å². The molecule has 1 aromatic heterocycles. The van der Waals surface area contributed by atoms with Crippen molar-refractivity contribution in [1.29, 1.82) is 0 Å². The number of carbonyl (C=O) groups excluding carboxylic acids is 1. The Morgan fingerprint density at radius 3 is 2.89 bits per heavy atom. The van der Waals surface area contributed by atoms with Crippen LogP contribution >= 0.6 is 11.3 Å². The van der Waals surface area contributed by atoms with Crippen molar-refractivity contribution in [3.8, 4) is 0 Å². The van der Waals surface area contributed by atoms with Crippen LogP contribution in [0.1, 0.15) is 43.5 Å². The van der Waals surface area contributed by atoms with Crippen LogP contribution < -0.4 is 11.1 Å². The van der Waals surface area contributed by atoms with Gasteiger partial charge < -0.3 is 11.1 Å². The zero-order chi connectivity index (χ0) is 13.0. The van der Waals surface area contributed by atoms with Gasteiger partial charge in [0.25, 0.3) is 0 Å². The van der Waals surface area contributed by atoms with E-state index in [-0.39, 0.29) is 17.2 Å². The van der Waals surface area contributed by atoms with Crippen LogP contribution in [0.5, 0.6) is 0 Å². The first-order valence-electron chi connectivity index (χ1n) is 6.56. The molecular weight excluding hydrogens is 246 g/mol. The number of hydrogen-bond donors (Lipinski definition) is 2. The van der Waals surface area contributed by atoms with Gasteiger partial charge in [-0.25, -0.2) is 4.98 Å². The maximum atomic E-state index is 12.3. The van der Waals surface area contributed by atoms with E-state index in [9.17, 15) is 4.79 Å². The topological polar surface area (TPSA) is 68.0 Å². The molecular formula is C13H21N3OS. The van der Waals surface area contributed by atoms with Gasteiger partial charge in [0, 0.05) is 30.6 Å². The Labute approximate surface area is 112 Å². The first-order valence-corrected chi connectivity index (χ1v) is 7.44. The van der Waals surface area contributed by atoms with E-state index < -0.39 is 0 Å². The zero-order valence-corrected chi connectivity index (χ0v) is 11.6. The van der Waals surface area contributed by atoms with Crippen LogP contribution in [0.15, 0.2) is 11.6 Å². The van der Waals surface area contributed by atoms with Gasteiger partial charge >= 0.3 is 0 Å². The van der Waals surface area contributed by atoms with Crippen LogP contribution in [0.4, 0.5) is 0 Å². The highest BCUT2D eigenvalue weighted by Crippen LogP contribution is 2.37.